The lowest BCUT2D eigenvalue weighted by molar-refractivity contribution is 0.256. The van der Waals surface area contributed by atoms with Crippen LogP contribution in [0.15, 0.2) is 90.1 Å². The van der Waals surface area contributed by atoms with Crippen LogP contribution < -0.4 is 20.5 Å². The summed E-state index contributed by atoms with van der Waals surface area (Å²) in [6, 6.07) is 21.3. The highest BCUT2D eigenvalue weighted by atomic mass is 16.5. The van der Waals surface area contributed by atoms with Gasteiger partial charge in [-0.3, -0.25) is 14.7 Å². The minimum Gasteiger partial charge on any atom is -0.489 e. The van der Waals surface area contributed by atoms with Gasteiger partial charge in [-0.1, -0.05) is 46.8 Å². The fourth-order valence-electron chi connectivity index (χ4n) is 5.27. The normalized spacial score (nSPS) is 11.2. The summed E-state index contributed by atoms with van der Waals surface area (Å²) in [7, 11) is 0. The van der Waals surface area contributed by atoms with Crippen LogP contribution in [0.2, 0.25) is 0 Å². The Hall–Kier alpha value is -4.98. The van der Waals surface area contributed by atoms with E-state index in [2.05, 4.69) is 66.2 Å². The molecule has 0 bridgehead atoms. The summed E-state index contributed by atoms with van der Waals surface area (Å²) >= 11 is 0. The molecule has 8 nitrogen and oxygen atoms in total. The number of aromatic nitrogens is 3. The zero-order chi connectivity index (χ0) is 31.2. The average molecular weight is 590 g/mol. The summed E-state index contributed by atoms with van der Waals surface area (Å²) in [5.41, 5.74) is 6.40. The Labute approximate surface area is 258 Å². The molecular formula is C36H39N5O3. The predicted molar refractivity (Wildman–Crippen MR) is 178 cm³/mol. The van der Waals surface area contributed by atoms with E-state index in [0.717, 1.165) is 44.6 Å². The molecule has 0 aliphatic carbocycles. The number of benzene rings is 2. The predicted octanol–water partition coefficient (Wildman–Crippen LogP) is 8.26. The monoisotopic (exact) mass is 589 g/mol. The topological polar surface area (TPSA) is 100 Å². The van der Waals surface area contributed by atoms with Crippen LogP contribution in [0.5, 0.6) is 5.75 Å². The summed E-state index contributed by atoms with van der Waals surface area (Å²) in [6.07, 6.45) is 5.83. The first kappa shape index (κ1) is 30.5. The molecule has 0 radical (unpaired) electrons. The Balaban J connectivity index is 1.49. The molecule has 0 saturated heterocycles. The fraction of sp³-hybridized carbons (Fsp3) is 0.278. The number of hydrogen-bond donors (Lipinski definition) is 2. The van der Waals surface area contributed by atoms with Crippen molar-refractivity contribution >= 4 is 28.4 Å². The minimum atomic E-state index is -0.352. The molecule has 2 aromatic carbocycles. The number of ether oxygens (including phenoxy) is 1. The first-order valence-electron chi connectivity index (χ1n) is 15.1. The van der Waals surface area contributed by atoms with Gasteiger partial charge in [0.2, 0.25) is 0 Å². The number of nitrogens with zero attached hydrogens (tertiary/aromatic N) is 3. The number of amides is 2. The quantitative estimate of drug-likeness (QED) is 0.171. The maximum atomic E-state index is 14.0. The van der Waals surface area contributed by atoms with Crippen LogP contribution in [0.3, 0.4) is 0 Å². The molecule has 0 fully saturated rings. The van der Waals surface area contributed by atoms with Gasteiger partial charge in [-0.25, -0.2) is 9.78 Å². The Bertz CT molecular complexity index is 1790. The van der Waals surface area contributed by atoms with Crippen LogP contribution in [0.1, 0.15) is 69.6 Å². The second-order valence-electron chi connectivity index (χ2n) is 11.5. The van der Waals surface area contributed by atoms with Gasteiger partial charge in [-0.05, 0) is 101 Å². The Kier molecular flexibility index (Phi) is 9.38. The van der Waals surface area contributed by atoms with Gasteiger partial charge in [0.15, 0.2) is 0 Å². The Morgan fingerprint density at radius 2 is 1.64 bits per heavy atom. The summed E-state index contributed by atoms with van der Waals surface area (Å²) in [5, 5.41) is 3.98. The summed E-state index contributed by atoms with van der Waals surface area (Å²) in [5.74, 6) is 1.03. The van der Waals surface area contributed by atoms with E-state index in [1.54, 1.807) is 24.7 Å². The van der Waals surface area contributed by atoms with Gasteiger partial charge in [0, 0.05) is 36.2 Å². The van der Waals surface area contributed by atoms with Crippen molar-refractivity contribution in [3.8, 4) is 16.9 Å². The van der Waals surface area contributed by atoms with Gasteiger partial charge in [0.25, 0.3) is 5.56 Å². The van der Waals surface area contributed by atoms with Crippen LogP contribution in [-0.2, 0) is 6.61 Å². The van der Waals surface area contributed by atoms with Crippen molar-refractivity contribution < 1.29 is 9.53 Å². The van der Waals surface area contributed by atoms with Crippen molar-refractivity contribution in [3.63, 3.8) is 0 Å². The molecule has 0 unspecified atom stereocenters. The molecule has 226 valence electrons. The molecule has 3 heterocycles. The molecule has 2 amide bonds. The maximum Gasteiger partial charge on any atom is 0.326 e. The zero-order valence-corrected chi connectivity index (χ0v) is 25.9. The highest BCUT2D eigenvalue weighted by Gasteiger charge is 2.24. The molecule has 44 heavy (non-hydrogen) atoms. The molecule has 2 N–H and O–H groups in total. The van der Waals surface area contributed by atoms with Gasteiger partial charge in [-0.15, -0.1) is 0 Å². The second kappa shape index (κ2) is 13.5. The third-order valence-electron chi connectivity index (χ3n) is 7.58. The number of rotatable bonds is 10. The lowest BCUT2D eigenvalue weighted by Gasteiger charge is -2.26. The molecule has 5 rings (SSSR count). The van der Waals surface area contributed by atoms with E-state index in [-0.39, 0.29) is 23.4 Å². The summed E-state index contributed by atoms with van der Waals surface area (Å²) in [6.45, 7) is 11.3. The van der Waals surface area contributed by atoms with Gasteiger partial charge in [0.05, 0.1) is 0 Å². The number of H-pyrrole nitrogens is 1. The number of pyridine rings is 3. The Morgan fingerprint density at radius 1 is 0.909 bits per heavy atom. The summed E-state index contributed by atoms with van der Waals surface area (Å²) < 4.78 is 6.09. The van der Waals surface area contributed by atoms with E-state index in [1.165, 1.54) is 4.90 Å². The highest BCUT2D eigenvalue weighted by molar-refractivity contribution is 6.03. The van der Waals surface area contributed by atoms with Crippen LogP contribution in [0.25, 0.3) is 22.2 Å². The molecule has 5 aromatic rings. The average Bonchev–Trinajstić information content (AvgIpc) is 3.02. The van der Waals surface area contributed by atoms with Crippen LogP contribution in [-0.4, -0.2) is 27.5 Å². The number of anilines is 2. The van der Waals surface area contributed by atoms with Crippen LogP contribution >= 0.6 is 0 Å². The molecule has 8 heteroatoms. The molecule has 0 spiro atoms. The molecule has 0 aliphatic rings. The number of nitrogens with one attached hydrogen (secondary N) is 2. The molecular weight excluding hydrogens is 550 g/mol. The van der Waals surface area contributed by atoms with Crippen molar-refractivity contribution in [1.29, 1.82) is 0 Å². The van der Waals surface area contributed by atoms with Gasteiger partial charge >= 0.3 is 6.03 Å². The van der Waals surface area contributed by atoms with Crippen molar-refractivity contribution in [2.24, 2.45) is 0 Å². The third-order valence-corrected chi connectivity index (χ3v) is 7.58. The van der Waals surface area contributed by atoms with Gasteiger partial charge in [0.1, 0.15) is 23.7 Å². The van der Waals surface area contributed by atoms with E-state index >= 15 is 0 Å². The highest BCUT2D eigenvalue weighted by Crippen LogP contribution is 2.38. The first-order valence-corrected chi connectivity index (χ1v) is 15.1. The van der Waals surface area contributed by atoms with E-state index in [0.29, 0.717) is 30.9 Å². The fourth-order valence-corrected chi connectivity index (χ4v) is 5.27. The molecule has 0 saturated carbocycles. The van der Waals surface area contributed by atoms with Crippen LogP contribution in [0, 0.1) is 0 Å². The van der Waals surface area contributed by atoms with Gasteiger partial charge < -0.3 is 15.0 Å². The lowest BCUT2D eigenvalue weighted by atomic mass is 9.88. The number of carbonyl (C=O) groups excluding carboxylic acids is 1. The largest absolute Gasteiger partial charge is 0.489 e. The smallest absolute Gasteiger partial charge is 0.326 e. The molecule has 0 atom stereocenters. The van der Waals surface area contributed by atoms with E-state index < -0.39 is 0 Å². The summed E-state index contributed by atoms with van der Waals surface area (Å²) in [4.78, 5) is 39.7. The third kappa shape index (κ3) is 6.80. The minimum absolute atomic E-state index is 0.128. The number of hydrogen-bond acceptors (Lipinski definition) is 5. The molecule has 3 aromatic heterocycles. The SMILES string of the molecule is CCCN(C(=O)Nc1c(C(C)C)cc(-c2cccc(OCc3ccncc3)c2)cc1C(C)C)c1cc2cccnc2[nH]c1=O. The number of fused-ring (bicyclic) bond motifs is 1. The van der Waals surface area contributed by atoms with Crippen molar-refractivity contribution in [2.45, 2.75) is 59.5 Å². The van der Waals surface area contributed by atoms with Gasteiger partial charge in [-0.2, -0.15) is 0 Å². The van der Waals surface area contributed by atoms with Crippen molar-refractivity contribution in [3.05, 3.63) is 112 Å². The van der Waals surface area contributed by atoms with E-state index in [1.807, 2.05) is 49.4 Å². The standard InChI is InChI=1S/C36H39N5O3/c1-6-17-41(32-21-27-10-8-14-38-34(27)40-35(32)42)36(43)39-33-30(23(2)3)19-28(20-31(33)24(4)5)26-9-7-11-29(18-26)44-22-25-12-15-37-16-13-25/h7-16,18-21,23-24H,6,17,22H2,1-5H3,(H,39,43)(H,38,40,42). The first-order chi connectivity index (χ1) is 21.2. The lowest BCUT2D eigenvalue weighted by Crippen LogP contribution is -2.39. The number of urea groups is 1. The van der Waals surface area contributed by atoms with E-state index in [9.17, 15) is 9.59 Å². The Morgan fingerprint density at radius 3 is 2.32 bits per heavy atom. The second-order valence-corrected chi connectivity index (χ2v) is 11.5. The van der Waals surface area contributed by atoms with Crippen molar-refractivity contribution in [1.82, 2.24) is 15.0 Å². The number of carbonyl (C=O) groups is 1. The van der Waals surface area contributed by atoms with E-state index in [4.69, 9.17) is 4.74 Å². The molecule has 0 aliphatic heterocycles. The zero-order valence-electron chi connectivity index (χ0n) is 25.9. The van der Waals surface area contributed by atoms with Crippen molar-refractivity contribution in [2.75, 3.05) is 16.8 Å². The maximum absolute atomic E-state index is 14.0. The number of aromatic amines is 1. The van der Waals surface area contributed by atoms with Crippen LogP contribution in [0.4, 0.5) is 16.2 Å².